The number of halogens is 1. The van der Waals surface area contributed by atoms with Crippen molar-refractivity contribution in [2.75, 3.05) is 19.8 Å². The highest BCUT2D eigenvalue weighted by Crippen LogP contribution is 2.37. The summed E-state index contributed by atoms with van der Waals surface area (Å²) in [6, 6.07) is 3.90. The van der Waals surface area contributed by atoms with Crippen molar-refractivity contribution in [3.63, 3.8) is 0 Å². The van der Waals surface area contributed by atoms with E-state index in [2.05, 4.69) is 15.9 Å². The molecule has 1 aromatic carbocycles. The predicted octanol–water partition coefficient (Wildman–Crippen LogP) is 2.86. The Balaban J connectivity index is 2.11. The molecule has 1 heterocycles. The third-order valence-corrected chi connectivity index (χ3v) is 3.63. The molecule has 1 aliphatic rings. The average molecular weight is 330 g/mol. The van der Waals surface area contributed by atoms with Crippen LogP contribution in [-0.2, 0) is 11.3 Å². The molecule has 0 amide bonds. The molecule has 1 unspecified atom stereocenters. The summed E-state index contributed by atoms with van der Waals surface area (Å²) >= 11 is 3.52. The zero-order valence-electron chi connectivity index (χ0n) is 11.2. The fourth-order valence-corrected chi connectivity index (χ4v) is 2.70. The van der Waals surface area contributed by atoms with Gasteiger partial charge in [-0.25, -0.2) is 0 Å². The lowest BCUT2D eigenvalue weighted by Crippen LogP contribution is -2.17. The van der Waals surface area contributed by atoms with Gasteiger partial charge >= 0.3 is 0 Å². The fourth-order valence-electron chi connectivity index (χ4n) is 2.09. The zero-order chi connectivity index (χ0) is 13.7. The van der Waals surface area contributed by atoms with Gasteiger partial charge < -0.3 is 19.9 Å². The molecule has 0 aromatic heterocycles. The van der Waals surface area contributed by atoms with Gasteiger partial charge in [0.25, 0.3) is 0 Å². The molecule has 19 heavy (non-hydrogen) atoms. The van der Waals surface area contributed by atoms with E-state index in [4.69, 9.17) is 19.9 Å². The molecule has 1 atom stereocenters. The van der Waals surface area contributed by atoms with Crippen molar-refractivity contribution in [1.82, 2.24) is 0 Å². The second-order valence-corrected chi connectivity index (χ2v) is 5.34. The maximum absolute atomic E-state index is 5.87. The Labute approximate surface area is 122 Å². The summed E-state index contributed by atoms with van der Waals surface area (Å²) in [5.74, 6) is 1.46. The Morgan fingerprint density at radius 1 is 1.42 bits per heavy atom. The van der Waals surface area contributed by atoms with E-state index in [9.17, 15) is 0 Å². The smallest absolute Gasteiger partial charge is 0.175 e. The first-order valence-electron chi connectivity index (χ1n) is 6.64. The molecule has 1 aromatic rings. The quantitative estimate of drug-likeness (QED) is 0.871. The van der Waals surface area contributed by atoms with Crippen molar-refractivity contribution < 1.29 is 14.2 Å². The fraction of sp³-hybridized carbons (Fsp3) is 0.571. The van der Waals surface area contributed by atoms with E-state index >= 15 is 0 Å². The molecule has 0 spiro atoms. The van der Waals surface area contributed by atoms with E-state index in [1.54, 1.807) is 0 Å². The average Bonchev–Trinajstić information content (AvgIpc) is 2.91. The molecular formula is C14H20BrNO3. The summed E-state index contributed by atoms with van der Waals surface area (Å²) in [7, 11) is 0. The molecule has 0 aliphatic carbocycles. The number of hydrogen-bond acceptors (Lipinski definition) is 4. The summed E-state index contributed by atoms with van der Waals surface area (Å²) in [5.41, 5.74) is 6.68. The summed E-state index contributed by atoms with van der Waals surface area (Å²) in [6.45, 7) is 4.41. The van der Waals surface area contributed by atoms with Crippen LogP contribution in [0.15, 0.2) is 16.6 Å². The second-order valence-electron chi connectivity index (χ2n) is 4.49. The molecule has 5 heteroatoms. The van der Waals surface area contributed by atoms with Crippen LogP contribution in [0.3, 0.4) is 0 Å². The van der Waals surface area contributed by atoms with Gasteiger partial charge in [0.05, 0.1) is 17.2 Å². The molecule has 2 N–H and O–H groups in total. The normalized spacial score (nSPS) is 18.6. The van der Waals surface area contributed by atoms with Gasteiger partial charge in [-0.15, -0.1) is 0 Å². The van der Waals surface area contributed by atoms with Crippen LogP contribution in [0.1, 0.15) is 25.3 Å². The van der Waals surface area contributed by atoms with E-state index < -0.39 is 0 Å². The molecule has 4 nitrogen and oxygen atoms in total. The van der Waals surface area contributed by atoms with Gasteiger partial charge in [-0.3, -0.25) is 0 Å². The Morgan fingerprint density at radius 2 is 2.26 bits per heavy atom. The third kappa shape index (κ3) is 3.84. The number of ether oxygens (including phenoxy) is 3. The Morgan fingerprint density at radius 3 is 2.89 bits per heavy atom. The summed E-state index contributed by atoms with van der Waals surface area (Å²) < 4.78 is 17.9. The minimum Gasteiger partial charge on any atom is -0.490 e. The molecule has 106 valence electrons. The number of nitrogens with two attached hydrogens (primary N) is 1. The molecule has 2 rings (SSSR count). The van der Waals surface area contributed by atoms with Gasteiger partial charge in [0.2, 0.25) is 0 Å². The topological polar surface area (TPSA) is 53.7 Å². The van der Waals surface area contributed by atoms with Crippen molar-refractivity contribution in [2.24, 2.45) is 5.73 Å². The van der Waals surface area contributed by atoms with Gasteiger partial charge in [0.15, 0.2) is 11.5 Å². The molecule has 0 saturated carbocycles. The molecule has 0 bridgehead atoms. The highest BCUT2D eigenvalue weighted by atomic mass is 79.9. The first-order chi connectivity index (χ1) is 9.24. The minimum absolute atomic E-state index is 0.190. The largest absolute Gasteiger partial charge is 0.490 e. The van der Waals surface area contributed by atoms with E-state index in [-0.39, 0.29) is 6.10 Å². The van der Waals surface area contributed by atoms with Gasteiger partial charge in [0, 0.05) is 13.2 Å². The van der Waals surface area contributed by atoms with Gasteiger partial charge in [0.1, 0.15) is 6.61 Å². The number of hydrogen-bond donors (Lipinski definition) is 1. The lowest BCUT2D eigenvalue weighted by Gasteiger charge is -2.17. The van der Waals surface area contributed by atoms with Crippen LogP contribution in [0.25, 0.3) is 0 Å². The van der Waals surface area contributed by atoms with E-state index in [1.165, 1.54) is 0 Å². The predicted molar refractivity (Wildman–Crippen MR) is 77.7 cm³/mol. The van der Waals surface area contributed by atoms with E-state index in [0.29, 0.717) is 19.8 Å². The maximum Gasteiger partial charge on any atom is 0.175 e. The highest BCUT2D eigenvalue weighted by molar-refractivity contribution is 9.10. The number of benzene rings is 1. The molecule has 1 fully saturated rings. The summed E-state index contributed by atoms with van der Waals surface area (Å²) in [6.07, 6.45) is 2.36. The van der Waals surface area contributed by atoms with Crippen LogP contribution in [0.2, 0.25) is 0 Å². The number of rotatable bonds is 6. The molecule has 0 radical (unpaired) electrons. The van der Waals surface area contributed by atoms with Crippen LogP contribution in [-0.4, -0.2) is 25.9 Å². The first kappa shape index (κ1) is 14.6. The van der Waals surface area contributed by atoms with Gasteiger partial charge in [-0.05, 0) is 53.4 Å². The zero-order valence-corrected chi connectivity index (χ0v) is 12.7. The van der Waals surface area contributed by atoms with Gasteiger partial charge in [-0.2, -0.15) is 0 Å². The molecule has 1 saturated heterocycles. The SMILES string of the molecule is CCOc1cc(CN)cc(Br)c1OCC1CCCO1. The molecule has 1 aliphatic heterocycles. The van der Waals surface area contributed by atoms with Gasteiger partial charge in [-0.1, -0.05) is 0 Å². The standard InChI is InChI=1S/C14H20BrNO3/c1-2-17-13-7-10(8-16)6-12(15)14(13)19-9-11-4-3-5-18-11/h6-7,11H,2-5,8-9,16H2,1H3. The highest BCUT2D eigenvalue weighted by Gasteiger charge is 2.18. The second kappa shape index (κ2) is 7.12. The van der Waals surface area contributed by atoms with Crippen molar-refractivity contribution in [1.29, 1.82) is 0 Å². The van der Waals surface area contributed by atoms with Crippen LogP contribution in [0.5, 0.6) is 11.5 Å². The minimum atomic E-state index is 0.190. The maximum atomic E-state index is 5.87. The van der Waals surface area contributed by atoms with E-state index in [0.717, 1.165) is 41.0 Å². The monoisotopic (exact) mass is 329 g/mol. The van der Waals surface area contributed by atoms with Crippen molar-refractivity contribution in [3.05, 3.63) is 22.2 Å². The van der Waals surface area contributed by atoms with Crippen LogP contribution in [0.4, 0.5) is 0 Å². The lowest BCUT2D eigenvalue weighted by atomic mass is 10.2. The first-order valence-corrected chi connectivity index (χ1v) is 7.43. The van der Waals surface area contributed by atoms with Crippen LogP contribution < -0.4 is 15.2 Å². The summed E-state index contributed by atoms with van der Waals surface area (Å²) in [5, 5.41) is 0. The van der Waals surface area contributed by atoms with Crippen molar-refractivity contribution in [2.45, 2.75) is 32.4 Å². The van der Waals surface area contributed by atoms with Crippen LogP contribution in [0, 0.1) is 0 Å². The lowest BCUT2D eigenvalue weighted by molar-refractivity contribution is 0.0664. The van der Waals surface area contributed by atoms with Crippen molar-refractivity contribution in [3.8, 4) is 11.5 Å². The third-order valence-electron chi connectivity index (χ3n) is 3.04. The van der Waals surface area contributed by atoms with Crippen LogP contribution >= 0.6 is 15.9 Å². The molecular weight excluding hydrogens is 310 g/mol. The Bertz CT molecular complexity index is 419. The van der Waals surface area contributed by atoms with E-state index in [1.807, 2.05) is 19.1 Å². The van der Waals surface area contributed by atoms with Crippen molar-refractivity contribution >= 4 is 15.9 Å². The Hall–Kier alpha value is -0.780. The Kier molecular flexibility index (Phi) is 5.48. The summed E-state index contributed by atoms with van der Waals surface area (Å²) in [4.78, 5) is 0.